The van der Waals surface area contributed by atoms with Crippen molar-refractivity contribution < 1.29 is 23.9 Å². The Kier molecular flexibility index (Phi) is 11.1. The molecule has 1 aliphatic carbocycles. The average molecular weight is 459 g/mol. The lowest BCUT2D eigenvalue weighted by Gasteiger charge is -2.32. The molecule has 1 atom stereocenters. The molecular formula is C26H38N2O5. The topological polar surface area (TPSA) is 84.9 Å². The monoisotopic (exact) mass is 458 g/mol. The average Bonchev–Trinajstić information content (AvgIpc) is 2.82. The van der Waals surface area contributed by atoms with E-state index in [0.717, 1.165) is 37.7 Å². The molecule has 0 spiro atoms. The molecule has 0 saturated heterocycles. The SMILES string of the molecule is CCOC(=O)/C(C(=O)NC1CCCCC1)=C(\C(=O)OCC)C(c1ccccc1)N(CC)CC. The molecule has 1 N–H and O–H groups in total. The van der Waals surface area contributed by atoms with E-state index in [9.17, 15) is 14.4 Å². The Morgan fingerprint density at radius 3 is 2.03 bits per heavy atom. The fourth-order valence-electron chi connectivity index (χ4n) is 4.38. The summed E-state index contributed by atoms with van der Waals surface area (Å²) in [7, 11) is 0. The second-order valence-electron chi connectivity index (χ2n) is 8.07. The lowest BCUT2D eigenvalue weighted by atomic mass is 9.91. The first-order valence-electron chi connectivity index (χ1n) is 12.2. The zero-order chi connectivity index (χ0) is 24.2. The van der Waals surface area contributed by atoms with Crippen LogP contribution < -0.4 is 5.32 Å². The van der Waals surface area contributed by atoms with Gasteiger partial charge in [-0.25, -0.2) is 9.59 Å². The van der Waals surface area contributed by atoms with E-state index in [4.69, 9.17) is 9.47 Å². The third-order valence-corrected chi connectivity index (χ3v) is 5.98. The summed E-state index contributed by atoms with van der Waals surface area (Å²) in [5, 5.41) is 2.99. The van der Waals surface area contributed by atoms with Crippen molar-refractivity contribution in [3.8, 4) is 0 Å². The molecule has 2 rings (SSSR count). The first-order valence-corrected chi connectivity index (χ1v) is 12.2. The molecule has 1 unspecified atom stereocenters. The summed E-state index contributed by atoms with van der Waals surface area (Å²) < 4.78 is 10.7. The summed E-state index contributed by atoms with van der Waals surface area (Å²) in [6.07, 6.45) is 4.91. The molecule has 1 aromatic carbocycles. The number of benzene rings is 1. The van der Waals surface area contributed by atoms with Gasteiger partial charge in [-0.15, -0.1) is 0 Å². The number of hydrogen-bond donors (Lipinski definition) is 1. The lowest BCUT2D eigenvalue weighted by Crippen LogP contribution is -2.42. The summed E-state index contributed by atoms with van der Waals surface area (Å²) in [5.41, 5.74) is 0.566. The number of carbonyl (C=O) groups is 3. The number of hydrogen-bond acceptors (Lipinski definition) is 6. The second-order valence-corrected chi connectivity index (χ2v) is 8.07. The molecular weight excluding hydrogens is 420 g/mol. The van der Waals surface area contributed by atoms with Gasteiger partial charge in [0.1, 0.15) is 5.57 Å². The van der Waals surface area contributed by atoms with Crippen LogP contribution in [-0.4, -0.2) is 55.1 Å². The molecule has 0 radical (unpaired) electrons. The van der Waals surface area contributed by atoms with E-state index in [1.54, 1.807) is 13.8 Å². The van der Waals surface area contributed by atoms with Crippen molar-refractivity contribution >= 4 is 17.8 Å². The fourth-order valence-corrected chi connectivity index (χ4v) is 4.38. The van der Waals surface area contributed by atoms with Gasteiger partial charge in [-0.2, -0.15) is 0 Å². The van der Waals surface area contributed by atoms with E-state index in [-0.39, 0.29) is 30.4 Å². The van der Waals surface area contributed by atoms with Crippen molar-refractivity contribution in [3.63, 3.8) is 0 Å². The molecule has 1 saturated carbocycles. The predicted octanol–water partition coefficient (Wildman–Crippen LogP) is 3.94. The minimum Gasteiger partial charge on any atom is -0.463 e. The van der Waals surface area contributed by atoms with E-state index in [1.807, 2.05) is 49.1 Å². The van der Waals surface area contributed by atoms with Gasteiger partial charge in [0.25, 0.3) is 5.91 Å². The highest BCUT2D eigenvalue weighted by atomic mass is 16.5. The van der Waals surface area contributed by atoms with Crippen molar-refractivity contribution in [1.82, 2.24) is 10.2 Å². The number of esters is 2. The minimum absolute atomic E-state index is 0.0252. The summed E-state index contributed by atoms with van der Waals surface area (Å²) in [6, 6.07) is 8.77. The molecule has 0 bridgehead atoms. The molecule has 0 aliphatic heterocycles. The van der Waals surface area contributed by atoms with Crippen LogP contribution in [0, 0.1) is 0 Å². The largest absolute Gasteiger partial charge is 0.463 e. The molecule has 1 amide bonds. The number of nitrogens with zero attached hydrogens (tertiary/aromatic N) is 1. The Bertz CT molecular complexity index is 811. The van der Waals surface area contributed by atoms with Crippen LogP contribution in [0.1, 0.15) is 71.4 Å². The van der Waals surface area contributed by atoms with Crippen molar-refractivity contribution in [1.29, 1.82) is 0 Å². The quantitative estimate of drug-likeness (QED) is 0.234. The van der Waals surface area contributed by atoms with Crippen LogP contribution in [0.4, 0.5) is 0 Å². The van der Waals surface area contributed by atoms with Crippen LogP contribution in [0.15, 0.2) is 41.5 Å². The van der Waals surface area contributed by atoms with E-state index in [1.165, 1.54) is 0 Å². The van der Waals surface area contributed by atoms with Crippen LogP contribution in [0.3, 0.4) is 0 Å². The van der Waals surface area contributed by atoms with Gasteiger partial charge in [-0.1, -0.05) is 63.4 Å². The second kappa shape index (κ2) is 13.8. The summed E-state index contributed by atoms with van der Waals surface area (Å²) in [4.78, 5) is 42.0. The fraction of sp³-hybridized carbons (Fsp3) is 0.577. The molecule has 7 nitrogen and oxygen atoms in total. The number of carbonyl (C=O) groups excluding carboxylic acids is 3. The normalized spacial score (nSPS) is 16.0. The smallest absolute Gasteiger partial charge is 0.344 e. The summed E-state index contributed by atoms with van der Waals surface area (Å²) in [6.45, 7) is 8.79. The van der Waals surface area contributed by atoms with E-state index in [0.29, 0.717) is 13.1 Å². The summed E-state index contributed by atoms with van der Waals surface area (Å²) >= 11 is 0. The first-order chi connectivity index (χ1) is 16.0. The molecule has 0 aromatic heterocycles. The van der Waals surface area contributed by atoms with Crippen LogP contribution in [0.25, 0.3) is 0 Å². The molecule has 7 heteroatoms. The van der Waals surface area contributed by atoms with E-state index >= 15 is 0 Å². The van der Waals surface area contributed by atoms with Crippen molar-refractivity contribution in [3.05, 3.63) is 47.0 Å². The number of nitrogens with one attached hydrogen (secondary N) is 1. The highest BCUT2D eigenvalue weighted by molar-refractivity contribution is 6.21. The Balaban J connectivity index is 2.70. The van der Waals surface area contributed by atoms with Crippen LogP contribution in [-0.2, 0) is 23.9 Å². The molecule has 33 heavy (non-hydrogen) atoms. The first kappa shape index (κ1) is 26.6. The predicted molar refractivity (Wildman–Crippen MR) is 127 cm³/mol. The molecule has 1 aliphatic rings. The Morgan fingerprint density at radius 1 is 0.909 bits per heavy atom. The highest BCUT2D eigenvalue weighted by Gasteiger charge is 2.37. The number of amides is 1. The highest BCUT2D eigenvalue weighted by Crippen LogP contribution is 2.32. The number of ether oxygens (including phenoxy) is 2. The minimum atomic E-state index is -0.804. The van der Waals surface area contributed by atoms with Gasteiger partial charge in [-0.3, -0.25) is 9.69 Å². The molecule has 1 aromatic rings. The number of rotatable bonds is 11. The van der Waals surface area contributed by atoms with Gasteiger partial charge >= 0.3 is 11.9 Å². The zero-order valence-electron chi connectivity index (χ0n) is 20.4. The van der Waals surface area contributed by atoms with Crippen LogP contribution in [0.2, 0.25) is 0 Å². The van der Waals surface area contributed by atoms with Gasteiger partial charge in [0.05, 0.1) is 24.8 Å². The number of likely N-dealkylation sites (N-methyl/N-ethyl adjacent to an activating group) is 1. The van der Waals surface area contributed by atoms with E-state index in [2.05, 4.69) is 5.32 Å². The van der Waals surface area contributed by atoms with Gasteiger partial charge in [0, 0.05) is 6.04 Å². The van der Waals surface area contributed by atoms with Crippen molar-refractivity contribution in [2.24, 2.45) is 0 Å². The Hall–Kier alpha value is -2.67. The maximum atomic E-state index is 13.5. The third-order valence-electron chi connectivity index (χ3n) is 5.98. The van der Waals surface area contributed by atoms with Gasteiger partial charge in [-0.05, 0) is 45.3 Å². The van der Waals surface area contributed by atoms with Gasteiger partial charge in [0.2, 0.25) is 0 Å². The Labute approximate surface area is 197 Å². The van der Waals surface area contributed by atoms with Crippen LogP contribution >= 0.6 is 0 Å². The maximum Gasteiger partial charge on any atom is 0.344 e. The van der Waals surface area contributed by atoms with Gasteiger partial charge in [0.15, 0.2) is 0 Å². The maximum absolute atomic E-state index is 13.5. The van der Waals surface area contributed by atoms with E-state index < -0.39 is 23.9 Å². The molecule has 0 heterocycles. The van der Waals surface area contributed by atoms with Crippen LogP contribution in [0.5, 0.6) is 0 Å². The molecule has 182 valence electrons. The third kappa shape index (κ3) is 7.16. The zero-order valence-corrected chi connectivity index (χ0v) is 20.4. The van der Waals surface area contributed by atoms with Crippen molar-refractivity contribution in [2.75, 3.05) is 26.3 Å². The van der Waals surface area contributed by atoms with Crippen molar-refractivity contribution in [2.45, 2.75) is 71.9 Å². The molecule has 1 fully saturated rings. The standard InChI is InChI=1S/C26H38N2O5/c1-5-28(6-2)23(19-15-11-9-12-16-19)21(25(30)32-7-3)22(26(31)33-8-4)24(29)27-20-17-13-10-14-18-20/h9,11-12,15-16,20,23H,5-8,10,13-14,17-18H2,1-4H3,(H,27,29)/b22-21-. The Morgan fingerprint density at radius 2 is 1.48 bits per heavy atom. The van der Waals surface area contributed by atoms with Gasteiger partial charge < -0.3 is 14.8 Å². The lowest BCUT2D eigenvalue weighted by molar-refractivity contribution is -0.144. The summed E-state index contributed by atoms with van der Waals surface area (Å²) in [5.74, 6) is -2.06.